The minimum absolute atomic E-state index is 0.0388. The van der Waals surface area contributed by atoms with E-state index in [0.717, 1.165) is 38.3 Å². The highest BCUT2D eigenvalue weighted by molar-refractivity contribution is 5.83. The maximum Gasteiger partial charge on any atom is 0.244 e. The summed E-state index contributed by atoms with van der Waals surface area (Å²) in [5.74, 6) is 0.0388. The Kier molecular flexibility index (Phi) is 4.33. The molecule has 1 aliphatic heterocycles. The fraction of sp³-hybridized carbons (Fsp3) is 0.500. The molecule has 1 amide bonds. The molecule has 98 valence electrons. The Hall–Kier alpha value is -1.39. The van der Waals surface area contributed by atoms with E-state index >= 15 is 0 Å². The van der Waals surface area contributed by atoms with Crippen molar-refractivity contribution in [2.24, 2.45) is 5.73 Å². The van der Waals surface area contributed by atoms with Crippen LogP contribution in [0.3, 0.4) is 0 Å². The molecule has 2 rings (SSSR count). The van der Waals surface area contributed by atoms with Gasteiger partial charge in [0.1, 0.15) is 6.04 Å². The lowest BCUT2D eigenvalue weighted by Crippen LogP contribution is -2.50. The van der Waals surface area contributed by atoms with Gasteiger partial charge >= 0.3 is 0 Å². The molecule has 1 heterocycles. The molecule has 0 bridgehead atoms. The van der Waals surface area contributed by atoms with Crippen LogP contribution in [0.25, 0.3) is 0 Å². The quantitative estimate of drug-likeness (QED) is 0.861. The van der Waals surface area contributed by atoms with Crippen LogP contribution in [0.4, 0.5) is 0 Å². The Balaban J connectivity index is 1.96. The molecule has 1 aliphatic rings. The first-order valence-electron chi connectivity index (χ1n) is 6.54. The van der Waals surface area contributed by atoms with Gasteiger partial charge in [-0.05, 0) is 12.1 Å². The summed E-state index contributed by atoms with van der Waals surface area (Å²) in [5.41, 5.74) is 6.92. The van der Waals surface area contributed by atoms with Crippen molar-refractivity contribution in [1.82, 2.24) is 9.80 Å². The number of nitrogens with two attached hydrogens (primary N) is 1. The van der Waals surface area contributed by atoms with Crippen LogP contribution in [0.2, 0.25) is 0 Å². The Morgan fingerprint density at radius 1 is 1.22 bits per heavy atom. The number of hydrogen-bond donors (Lipinski definition) is 1. The summed E-state index contributed by atoms with van der Waals surface area (Å²) in [4.78, 5) is 16.5. The first kappa shape index (κ1) is 13.1. The number of carbonyl (C=O) groups excluding carboxylic acids is 1. The van der Waals surface area contributed by atoms with Crippen LogP contribution in [0.1, 0.15) is 18.5 Å². The summed E-state index contributed by atoms with van der Waals surface area (Å²) in [5, 5.41) is 0. The third kappa shape index (κ3) is 2.89. The third-order valence-electron chi connectivity index (χ3n) is 3.56. The highest BCUT2D eigenvalue weighted by Gasteiger charge is 2.25. The van der Waals surface area contributed by atoms with Gasteiger partial charge in [0, 0.05) is 26.2 Å². The van der Waals surface area contributed by atoms with Gasteiger partial charge in [-0.2, -0.15) is 0 Å². The highest BCUT2D eigenvalue weighted by Crippen LogP contribution is 2.14. The maximum absolute atomic E-state index is 12.3. The first-order valence-corrected chi connectivity index (χ1v) is 6.54. The van der Waals surface area contributed by atoms with E-state index in [4.69, 9.17) is 5.73 Å². The van der Waals surface area contributed by atoms with E-state index < -0.39 is 6.04 Å². The zero-order valence-electron chi connectivity index (χ0n) is 10.9. The normalized spacial score (nSPS) is 18.7. The molecule has 1 atom stereocenters. The molecular formula is C14H21N3O. The fourth-order valence-corrected chi connectivity index (χ4v) is 2.28. The standard InChI is InChI=1S/C14H21N3O/c1-2-16-8-10-17(11-9-16)14(18)13(15)12-6-4-3-5-7-12/h3-7,13H,2,8-11,15H2,1H3/t13-/m1/s1. The van der Waals surface area contributed by atoms with Crippen LogP contribution >= 0.6 is 0 Å². The third-order valence-corrected chi connectivity index (χ3v) is 3.56. The van der Waals surface area contributed by atoms with Gasteiger partial charge in [0.2, 0.25) is 5.91 Å². The number of hydrogen-bond acceptors (Lipinski definition) is 3. The van der Waals surface area contributed by atoms with E-state index in [9.17, 15) is 4.79 Å². The van der Waals surface area contributed by atoms with Crippen LogP contribution < -0.4 is 5.73 Å². The van der Waals surface area contributed by atoms with Crippen LogP contribution in [0.5, 0.6) is 0 Å². The molecule has 0 aromatic heterocycles. The van der Waals surface area contributed by atoms with E-state index in [1.165, 1.54) is 0 Å². The number of piperazine rings is 1. The molecule has 0 radical (unpaired) electrons. The zero-order valence-corrected chi connectivity index (χ0v) is 10.9. The van der Waals surface area contributed by atoms with Crippen LogP contribution in [-0.2, 0) is 4.79 Å². The molecular weight excluding hydrogens is 226 g/mol. The molecule has 4 heteroatoms. The van der Waals surface area contributed by atoms with Gasteiger partial charge in [-0.15, -0.1) is 0 Å². The second-order valence-electron chi connectivity index (χ2n) is 4.65. The van der Waals surface area contributed by atoms with E-state index in [1.54, 1.807) is 0 Å². The first-order chi connectivity index (χ1) is 8.72. The summed E-state index contributed by atoms with van der Waals surface area (Å²) in [7, 11) is 0. The summed E-state index contributed by atoms with van der Waals surface area (Å²) < 4.78 is 0. The van der Waals surface area contributed by atoms with Crippen molar-refractivity contribution in [3.8, 4) is 0 Å². The average molecular weight is 247 g/mol. The van der Waals surface area contributed by atoms with Gasteiger partial charge in [-0.1, -0.05) is 37.3 Å². The number of benzene rings is 1. The Labute approximate surface area is 108 Å². The van der Waals surface area contributed by atoms with E-state index in [1.807, 2.05) is 35.2 Å². The van der Waals surface area contributed by atoms with Gasteiger partial charge < -0.3 is 15.5 Å². The summed E-state index contributed by atoms with van der Waals surface area (Å²) >= 11 is 0. The lowest BCUT2D eigenvalue weighted by atomic mass is 10.1. The maximum atomic E-state index is 12.3. The number of carbonyl (C=O) groups is 1. The summed E-state index contributed by atoms with van der Waals surface area (Å²) in [6.45, 7) is 6.66. The van der Waals surface area contributed by atoms with E-state index in [2.05, 4.69) is 11.8 Å². The largest absolute Gasteiger partial charge is 0.338 e. The summed E-state index contributed by atoms with van der Waals surface area (Å²) in [6, 6.07) is 9.05. The molecule has 2 N–H and O–H groups in total. The van der Waals surface area contributed by atoms with Crippen molar-refractivity contribution in [3.05, 3.63) is 35.9 Å². The van der Waals surface area contributed by atoms with Crippen molar-refractivity contribution >= 4 is 5.91 Å². The minimum Gasteiger partial charge on any atom is -0.338 e. The molecule has 0 unspecified atom stereocenters. The minimum atomic E-state index is -0.528. The highest BCUT2D eigenvalue weighted by atomic mass is 16.2. The Morgan fingerprint density at radius 3 is 2.39 bits per heavy atom. The van der Waals surface area contributed by atoms with Crippen molar-refractivity contribution in [2.75, 3.05) is 32.7 Å². The van der Waals surface area contributed by atoms with Crippen molar-refractivity contribution in [3.63, 3.8) is 0 Å². The van der Waals surface area contributed by atoms with Crippen molar-refractivity contribution in [1.29, 1.82) is 0 Å². The van der Waals surface area contributed by atoms with Crippen molar-refractivity contribution in [2.45, 2.75) is 13.0 Å². The Bertz CT molecular complexity index is 385. The topological polar surface area (TPSA) is 49.6 Å². The van der Waals surface area contributed by atoms with Crippen LogP contribution in [0.15, 0.2) is 30.3 Å². The molecule has 1 aromatic carbocycles. The number of amides is 1. The second kappa shape index (κ2) is 5.98. The number of likely N-dealkylation sites (N-methyl/N-ethyl adjacent to an activating group) is 1. The van der Waals surface area contributed by atoms with Crippen molar-refractivity contribution < 1.29 is 4.79 Å². The van der Waals surface area contributed by atoms with Gasteiger partial charge in [-0.3, -0.25) is 4.79 Å². The van der Waals surface area contributed by atoms with E-state index in [-0.39, 0.29) is 5.91 Å². The number of rotatable bonds is 3. The Morgan fingerprint density at radius 2 is 1.83 bits per heavy atom. The second-order valence-corrected chi connectivity index (χ2v) is 4.65. The lowest BCUT2D eigenvalue weighted by molar-refractivity contribution is -0.134. The molecule has 0 aliphatic carbocycles. The SMILES string of the molecule is CCN1CCN(C(=O)[C@H](N)c2ccccc2)CC1. The molecule has 1 fully saturated rings. The molecule has 0 saturated carbocycles. The predicted octanol–water partition coefficient (Wildman–Crippen LogP) is 0.850. The van der Waals surface area contributed by atoms with Gasteiger partial charge in [0.05, 0.1) is 0 Å². The molecule has 4 nitrogen and oxygen atoms in total. The molecule has 0 spiro atoms. The lowest BCUT2D eigenvalue weighted by Gasteiger charge is -2.35. The summed E-state index contributed by atoms with van der Waals surface area (Å²) in [6.07, 6.45) is 0. The monoisotopic (exact) mass is 247 g/mol. The smallest absolute Gasteiger partial charge is 0.244 e. The zero-order chi connectivity index (χ0) is 13.0. The fourth-order valence-electron chi connectivity index (χ4n) is 2.28. The van der Waals surface area contributed by atoms with Crippen LogP contribution in [0, 0.1) is 0 Å². The van der Waals surface area contributed by atoms with Gasteiger partial charge in [0.15, 0.2) is 0 Å². The van der Waals surface area contributed by atoms with Gasteiger partial charge in [0.25, 0.3) is 0 Å². The van der Waals surface area contributed by atoms with Crippen LogP contribution in [-0.4, -0.2) is 48.4 Å². The predicted molar refractivity (Wildman–Crippen MR) is 72.1 cm³/mol. The molecule has 1 saturated heterocycles. The molecule has 18 heavy (non-hydrogen) atoms. The van der Waals surface area contributed by atoms with E-state index in [0.29, 0.717) is 0 Å². The number of nitrogens with zero attached hydrogens (tertiary/aromatic N) is 2. The van der Waals surface area contributed by atoms with Gasteiger partial charge in [-0.25, -0.2) is 0 Å². The molecule has 1 aromatic rings. The average Bonchev–Trinajstić information content (AvgIpc) is 2.47.